The number of carbonyl (C=O) groups is 1. The van der Waals surface area contributed by atoms with Gasteiger partial charge in [0, 0.05) is 13.7 Å². The van der Waals surface area contributed by atoms with Crippen molar-refractivity contribution in [1.29, 1.82) is 0 Å². The molecule has 1 rings (SSSR count). The minimum Gasteiger partial charge on any atom is -0.379 e. The zero-order valence-electron chi connectivity index (χ0n) is 12.6. The molecule has 0 aromatic rings. The van der Waals surface area contributed by atoms with Gasteiger partial charge in [0.05, 0.1) is 11.6 Å². The Balaban J connectivity index is 0.00000324. The molecule has 4 nitrogen and oxygen atoms in total. The van der Waals surface area contributed by atoms with E-state index >= 15 is 0 Å². The van der Waals surface area contributed by atoms with E-state index in [0.29, 0.717) is 6.54 Å². The minimum atomic E-state index is -0.658. The van der Waals surface area contributed by atoms with Gasteiger partial charge in [0.25, 0.3) is 0 Å². The highest BCUT2D eigenvalue weighted by Crippen LogP contribution is 2.26. The number of hydrogen-bond acceptors (Lipinski definition) is 3. The van der Waals surface area contributed by atoms with Crippen LogP contribution >= 0.6 is 12.4 Å². The summed E-state index contributed by atoms with van der Waals surface area (Å²) in [7, 11) is 1.68. The van der Waals surface area contributed by atoms with Crippen LogP contribution in [0.2, 0.25) is 0 Å². The summed E-state index contributed by atoms with van der Waals surface area (Å²) in [5.41, 5.74) is 5.54. The minimum absolute atomic E-state index is 0. The highest BCUT2D eigenvalue weighted by molar-refractivity contribution is 5.86. The third-order valence-electron chi connectivity index (χ3n) is 3.90. The van der Waals surface area contributed by atoms with E-state index < -0.39 is 5.54 Å². The maximum atomic E-state index is 12.2. The van der Waals surface area contributed by atoms with Crippen LogP contribution in [-0.2, 0) is 9.53 Å². The molecule has 5 heteroatoms. The van der Waals surface area contributed by atoms with E-state index in [9.17, 15) is 4.79 Å². The molecule has 0 aromatic heterocycles. The summed E-state index contributed by atoms with van der Waals surface area (Å²) < 4.78 is 5.43. The largest absolute Gasteiger partial charge is 0.379 e. The lowest BCUT2D eigenvalue weighted by Crippen LogP contribution is -2.56. The Morgan fingerprint density at radius 3 is 2.26 bits per heavy atom. The number of nitrogens with two attached hydrogens (primary N) is 1. The van der Waals surface area contributed by atoms with Crippen LogP contribution in [-0.4, -0.2) is 31.2 Å². The first-order valence-corrected chi connectivity index (χ1v) is 6.89. The first kappa shape index (κ1) is 18.7. The average Bonchev–Trinajstić information content (AvgIpc) is 2.28. The highest BCUT2D eigenvalue weighted by atomic mass is 35.5. The smallest absolute Gasteiger partial charge is 0.240 e. The first-order valence-electron chi connectivity index (χ1n) is 6.89. The number of ether oxygens (including phenoxy) is 1. The molecule has 0 saturated heterocycles. The predicted molar refractivity (Wildman–Crippen MR) is 80.5 cm³/mol. The predicted octanol–water partition coefficient (Wildman–Crippen LogP) is 2.25. The van der Waals surface area contributed by atoms with Gasteiger partial charge >= 0.3 is 0 Å². The molecule has 1 amide bonds. The second kappa shape index (κ2) is 7.46. The standard InChI is InChI=1S/C14H28N2O2.ClH/c1-13(2,3)11(18-4)10-16-12(17)14(15)8-6-5-7-9-14;/h11H,5-10,15H2,1-4H3,(H,16,17);1H. The van der Waals surface area contributed by atoms with Gasteiger partial charge < -0.3 is 15.8 Å². The maximum Gasteiger partial charge on any atom is 0.240 e. The quantitative estimate of drug-likeness (QED) is 0.835. The van der Waals surface area contributed by atoms with Gasteiger partial charge in [-0.25, -0.2) is 0 Å². The zero-order valence-corrected chi connectivity index (χ0v) is 13.4. The monoisotopic (exact) mass is 292 g/mol. The summed E-state index contributed by atoms with van der Waals surface area (Å²) in [6.07, 6.45) is 4.90. The summed E-state index contributed by atoms with van der Waals surface area (Å²) in [5.74, 6) is -0.0199. The number of carbonyl (C=O) groups excluding carboxylic acids is 1. The third-order valence-corrected chi connectivity index (χ3v) is 3.90. The summed E-state index contributed by atoms with van der Waals surface area (Å²) in [4.78, 5) is 12.2. The molecule has 1 atom stereocenters. The number of hydrogen-bond donors (Lipinski definition) is 2. The van der Waals surface area contributed by atoms with Gasteiger partial charge in [0.1, 0.15) is 0 Å². The molecule has 0 aromatic carbocycles. The number of methoxy groups -OCH3 is 1. The van der Waals surface area contributed by atoms with Crippen LogP contribution < -0.4 is 11.1 Å². The Morgan fingerprint density at radius 2 is 1.84 bits per heavy atom. The molecule has 0 aliphatic heterocycles. The molecule has 0 radical (unpaired) electrons. The fraction of sp³-hybridized carbons (Fsp3) is 0.929. The van der Waals surface area contributed by atoms with Gasteiger partial charge in [0.15, 0.2) is 0 Å². The second-order valence-electron chi connectivity index (χ2n) is 6.52. The van der Waals surface area contributed by atoms with E-state index in [2.05, 4.69) is 26.1 Å². The van der Waals surface area contributed by atoms with Crippen molar-refractivity contribution in [1.82, 2.24) is 5.32 Å². The first-order chi connectivity index (χ1) is 8.29. The lowest BCUT2D eigenvalue weighted by Gasteiger charge is -2.34. The van der Waals surface area contributed by atoms with Gasteiger partial charge in [-0.05, 0) is 18.3 Å². The SMILES string of the molecule is COC(CNC(=O)C1(N)CCCCC1)C(C)(C)C.Cl. The van der Waals surface area contributed by atoms with Gasteiger partial charge in [0.2, 0.25) is 5.91 Å². The Hall–Kier alpha value is -0.320. The Morgan fingerprint density at radius 1 is 1.32 bits per heavy atom. The number of nitrogens with one attached hydrogen (secondary N) is 1. The van der Waals surface area contributed by atoms with Crippen LogP contribution in [0.25, 0.3) is 0 Å². The van der Waals surface area contributed by atoms with Crippen molar-refractivity contribution in [2.75, 3.05) is 13.7 Å². The summed E-state index contributed by atoms with van der Waals surface area (Å²) in [6, 6.07) is 0. The normalized spacial score (nSPS) is 20.3. The van der Waals surface area contributed by atoms with Crippen molar-refractivity contribution in [3.63, 3.8) is 0 Å². The van der Waals surface area contributed by atoms with Crippen LogP contribution in [0.1, 0.15) is 52.9 Å². The maximum absolute atomic E-state index is 12.2. The lowest BCUT2D eigenvalue weighted by atomic mass is 9.81. The van der Waals surface area contributed by atoms with E-state index in [-0.39, 0.29) is 29.8 Å². The second-order valence-corrected chi connectivity index (χ2v) is 6.52. The van der Waals surface area contributed by atoms with Crippen LogP contribution in [0.5, 0.6) is 0 Å². The number of rotatable bonds is 4. The van der Waals surface area contributed by atoms with Crippen molar-refractivity contribution in [2.45, 2.75) is 64.5 Å². The molecule has 1 saturated carbocycles. The topological polar surface area (TPSA) is 64.3 Å². The average molecular weight is 293 g/mol. The molecule has 0 spiro atoms. The summed E-state index contributed by atoms with van der Waals surface area (Å²) in [6.45, 7) is 6.84. The summed E-state index contributed by atoms with van der Waals surface area (Å²) >= 11 is 0. The van der Waals surface area contributed by atoms with Crippen molar-refractivity contribution in [3.8, 4) is 0 Å². The van der Waals surface area contributed by atoms with Crippen molar-refractivity contribution in [3.05, 3.63) is 0 Å². The Labute approximate surface area is 123 Å². The van der Waals surface area contributed by atoms with Crippen molar-refractivity contribution >= 4 is 18.3 Å². The number of halogens is 1. The molecule has 19 heavy (non-hydrogen) atoms. The fourth-order valence-corrected chi connectivity index (χ4v) is 2.51. The van der Waals surface area contributed by atoms with Gasteiger partial charge in [-0.2, -0.15) is 0 Å². The van der Waals surface area contributed by atoms with Crippen LogP contribution in [0.15, 0.2) is 0 Å². The van der Waals surface area contributed by atoms with E-state index in [0.717, 1.165) is 25.7 Å². The molecule has 1 unspecified atom stereocenters. The van der Waals surface area contributed by atoms with E-state index in [4.69, 9.17) is 10.5 Å². The summed E-state index contributed by atoms with van der Waals surface area (Å²) in [5, 5.41) is 2.96. The zero-order chi connectivity index (χ0) is 13.8. The molecule has 1 aliphatic rings. The van der Waals surface area contributed by atoms with Crippen LogP contribution in [0.4, 0.5) is 0 Å². The van der Waals surface area contributed by atoms with Gasteiger partial charge in [-0.3, -0.25) is 4.79 Å². The lowest BCUT2D eigenvalue weighted by molar-refractivity contribution is -0.128. The van der Waals surface area contributed by atoms with Crippen LogP contribution in [0, 0.1) is 5.41 Å². The van der Waals surface area contributed by atoms with Crippen molar-refractivity contribution < 1.29 is 9.53 Å². The third kappa shape index (κ3) is 5.28. The Bertz CT molecular complexity index is 284. The molecular formula is C14H29ClN2O2. The molecule has 114 valence electrons. The van der Waals surface area contributed by atoms with E-state index in [1.54, 1.807) is 7.11 Å². The van der Waals surface area contributed by atoms with Crippen molar-refractivity contribution in [2.24, 2.45) is 11.1 Å². The van der Waals surface area contributed by atoms with Crippen LogP contribution in [0.3, 0.4) is 0 Å². The molecule has 0 bridgehead atoms. The molecule has 1 aliphatic carbocycles. The van der Waals surface area contributed by atoms with E-state index in [1.165, 1.54) is 6.42 Å². The van der Waals surface area contributed by atoms with Gasteiger partial charge in [-0.15, -0.1) is 12.4 Å². The number of amides is 1. The molecule has 3 N–H and O–H groups in total. The highest BCUT2D eigenvalue weighted by Gasteiger charge is 2.36. The fourth-order valence-electron chi connectivity index (χ4n) is 2.51. The Kier molecular flexibility index (Phi) is 7.33. The van der Waals surface area contributed by atoms with E-state index in [1.807, 2.05) is 0 Å². The molecule has 1 fully saturated rings. The van der Waals surface area contributed by atoms with Gasteiger partial charge in [-0.1, -0.05) is 40.0 Å². The molecular weight excluding hydrogens is 264 g/mol. The molecule has 0 heterocycles.